The molecule has 0 fully saturated rings. The van der Waals surface area contributed by atoms with Crippen molar-refractivity contribution in [3.63, 3.8) is 0 Å². The summed E-state index contributed by atoms with van der Waals surface area (Å²) in [5.41, 5.74) is 9.26. The Morgan fingerprint density at radius 3 is 2.65 bits per heavy atom. The zero-order valence-electron chi connectivity index (χ0n) is 11.1. The highest BCUT2D eigenvalue weighted by Crippen LogP contribution is 2.34. The van der Waals surface area contributed by atoms with Gasteiger partial charge in [0.25, 0.3) is 5.91 Å². The summed E-state index contributed by atoms with van der Waals surface area (Å²) in [5, 5.41) is 0.629. The second kappa shape index (κ2) is 4.84. The van der Waals surface area contributed by atoms with Gasteiger partial charge in [-0.1, -0.05) is 11.6 Å². The number of nitrogens with zero attached hydrogens (tertiary/aromatic N) is 1. The molecule has 2 aromatic carbocycles. The molecule has 4 heteroatoms. The van der Waals surface area contributed by atoms with Gasteiger partial charge in [-0.05, 0) is 61.4 Å². The fraction of sp³-hybridized carbons (Fsp3) is 0.188. The topological polar surface area (TPSA) is 46.3 Å². The first-order valence-electron chi connectivity index (χ1n) is 6.54. The first kappa shape index (κ1) is 13.0. The van der Waals surface area contributed by atoms with Crippen LogP contribution in [-0.4, -0.2) is 11.9 Å². The van der Waals surface area contributed by atoms with Crippen molar-refractivity contribution >= 4 is 28.9 Å². The maximum Gasteiger partial charge on any atom is 0.258 e. The number of carbonyl (C=O) groups is 1. The molecule has 2 aromatic rings. The molecule has 0 saturated carbocycles. The summed E-state index contributed by atoms with van der Waals surface area (Å²) in [7, 11) is 0. The molecule has 2 N–H and O–H groups in total. The molecular weight excluding hydrogens is 272 g/mol. The van der Waals surface area contributed by atoms with E-state index in [0.29, 0.717) is 10.6 Å². The van der Waals surface area contributed by atoms with Gasteiger partial charge in [-0.25, -0.2) is 0 Å². The van der Waals surface area contributed by atoms with Gasteiger partial charge in [0.1, 0.15) is 0 Å². The van der Waals surface area contributed by atoms with E-state index in [2.05, 4.69) is 0 Å². The van der Waals surface area contributed by atoms with E-state index >= 15 is 0 Å². The molecule has 0 aromatic heterocycles. The average Bonchev–Trinajstić information content (AvgIpc) is 2.73. The third-order valence-electron chi connectivity index (χ3n) is 3.63. The molecular formula is C16H15ClN2O. The van der Waals surface area contributed by atoms with E-state index < -0.39 is 0 Å². The lowest BCUT2D eigenvalue weighted by Gasteiger charge is -2.22. The Labute approximate surface area is 123 Å². The van der Waals surface area contributed by atoms with Crippen molar-refractivity contribution in [2.24, 2.45) is 0 Å². The number of fused-ring (bicyclic) bond motifs is 1. The molecule has 102 valence electrons. The van der Waals surface area contributed by atoms with Gasteiger partial charge in [0.15, 0.2) is 0 Å². The Bertz CT molecular complexity index is 667. The van der Waals surface area contributed by atoms with Crippen LogP contribution in [0.25, 0.3) is 0 Å². The maximum absolute atomic E-state index is 12.7. The minimum Gasteiger partial charge on any atom is -0.399 e. The molecule has 0 saturated heterocycles. The number of nitrogen functional groups attached to an aromatic ring is 1. The van der Waals surface area contributed by atoms with Gasteiger partial charge in [0, 0.05) is 28.0 Å². The van der Waals surface area contributed by atoms with Crippen LogP contribution in [0.5, 0.6) is 0 Å². The number of nitrogens with two attached hydrogens (primary N) is 1. The number of carbonyl (C=O) groups excluding carboxylic acids is 1. The van der Waals surface area contributed by atoms with Gasteiger partial charge in [-0.3, -0.25) is 4.79 Å². The van der Waals surface area contributed by atoms with Crippen LogP contribution < -0.4 is 10.6 Å². The van der Waals surface area contributed by atoms with Crippen molar-refractivity contribution < 1.29 is 4.79 Å². The van der Waals surface area contributed by atoms with Crippen molar-refractivity contribution in [3.05, 3.63) is 58.6 Å². The second-order valence-electron chi connectivity index (χ2n) is 5.12. The quantitative estimate of drug-likeness (QED) is 0.816. The Morgan fingerprint density at radius 2 is 1.95 bits per heavy atom. The highest BCUT2D eigenvalue weighted by molar-refractivity contribution is 6.30. The minimum atomic E-state index is -0.00214. The van der Waals surface area contributed by atoms with Crippen LogP contribution in [0.4, 0.5) is 11.4 Å². The maximum atomic E-state index is 12.7. The van der Waals surface area contributed by atoms with Crippen molar-refractivity contribution in [2.45, 2.75) is 19.4 Å². The largest absolute Gasteiger partial charge is 0.399 e. The number of amides is 1. The molecule has 1 amide bonds. The van der Waals surface area contributed by atoms with Crippen LogP contribution in [-0.2, 0) is 6.42 Å². The lowest BCUT2D eigenvalue weighted by molar-refractivity contribution is 0.0981. The predicted octanol–water partition coefficient (Wildman–Crippen LogP) is 3.51. The smallest absolute Gasteiger partial charge is 0.258 e. The molecule has 0 radical (unpaired) electrons. The van der Waals surface area contributed by atoms with E-state index in [9.17, 15) is 4.79 Å². The van der Waals surface area contributed by atoms with E-state index in [1.807, 2.05) is 30.0 Å². The molecule has 1 aliphatic heterocycles. The van der Waals surface area contributed by atoms with Gasteiger partial charge in [0.2, 0.25) is 0 Å². The zero-order chi connectivity index (χ0) is 14.3. The molecule has 20 heavy (non-hydrogen) atoms. The third kappa shape index (κ3) is 2.14. The summed E-state index contributed by atoms with van der Waals surface area (Å²) >= 11 is 5.86. The van der Waals surface area contributed by atoms with E-state index in [-0.39, 0.29) is 11.9 Å². The van der Waals surface area contributed by atoms with Gasteiger partial charge >= 0.3 is 0 Å². The Hall–Kier alpha value is -2.00. The number of rotatable bonds is 1. The lowest BCUT2D eigenvalue weighted by atomic mass is 10.1. The van der Waals surface area contributed by atoms with Crippen LogP contribution >= 0.6 is 11.6 Å². The van der Waals surface area contributed by atoms with Crippen molar-refractivity contribution in [3.8, 4) is 0 Å². The summed E-state index contributed by atoms with van der Waals surface area (Å²) in [6.45, 7) is 2.05. The molecule has 1 atom stereocenters. The Kier molecular flexibility index (Phi) is 3.14. The highest BCUT2D eigenvalue weighted by atomic mass is 35.5. The summed E-state index contributed by atoms with van der Waals surface area (Å²) in [4.78, 5) is 14.5. The summed E-state index contributed by atoms with van der Waals surface area (Å²) in [5.74, 6) is -0.00214. The molecule has 0 spiro atoms. The molecule has 0 bridgehead atoms. The Morgan fingerprint density at radius 1 is 1.25 bits per heavy atom. The molecule has 0 aliphatic carbocycles. The first-order valence-corrected chi connectivity index (χ1v) is 6.91. The summed E-state index contributed by atoms with van der Waals surface area (Å²) < 4.78 is 0. The van der Waals surface area contributed by atoms with E-state index in [4.69, 9.17) is 17.3 Å². The third-order valence-corrected chi connectivity index (χ3v) is 3.88. The number of benzene rings is 2. The summed E-state index contributed by atoms with van der Waals surface area (Å²) in [6, 6.07) is 12.8. The SMILES string of the molecule is CC1Cc2cc(N)ccc2N1C(=O)c1ccc(Cl)cc1. The number of hydrogen-bond donors (Lipinski definition) is 1. The van der Waals surface area contributed by atoms with Gasteiger partial charge in [-0.15, -0.1) is 0 Å². The van der Waals surface area contributed by atoms with E-state index in [1.54, 1.807) is 24.3 Å². The lowest BCUT2D eigenvalue weighted by Crippen LogP contribution is -2.35. The van der Waals surface area contributed by atoms with Crippen molar-refractivity contribution in [1.29, 1.82) is 0 Å². The predicted molar refractivity (Wildman–Crippen MR) is 82.3 cm³/mol. The summed E-state index contributed by atoms with van der Waals surface area (Å²) in [6.07, 6.45) is 0.833. The van der Waals surface area contributed by atoms with Crippen LogP contribution in [0.2, 0.25) is 5.02 Å². The number of halogens is 1. The standard InChI is InChI=1S/C16H15ClN2O/c1-10-8-12-9-14(18)6-7-15(12)19(10)16(20)11-2-4-13(17)5-3-11/h2-7,9-10H,8,18H2,1H3. The van der Waals surface area contributed by atoms with Gasteiger partial charge in [-0.2, -0.15) is 0 Å². The fourth-order valence-electron chi connectivity index (χ4n) is 2.69. The van der Waals surface area contributed by atoms with Crippen molar-refractivity contribution in [1.82, 2.24) is 0 Å². The van der Waals surface area contributed by atoms with Gasteiger partial charge < -0.3 is 10.6 Å². The molecule has 1 aliphatic rings. The monoisotopic (exact) mass is 286 g/mol. The van der Waals surface area contributed by atoms with Crippen LogP contribution in [0, 0.1) is 0 Å². The fourth-order valence-corrected chi connectivity index (χ4v) is 2.82. The minimum absolute atomic E-state index is 0.00214. The van der Waals surface area contributed by atoms with Crippen LogP contribution in [0.3, 0.4) is 0 Å². The second-order valence-corrected chi connectivity index (χ2v) is 5.56. The normalized spacial score (nSPS) is 17.1. The molecule has 3 rings (SSSR count). The Balaban J connectivity index is 1.98. The highest BCUT2D eigenvalue weighted by Gasteiger charge is 2.31. The van der Waals surface area contributed by atoms with E-state index in [0.717, 1.165) is 23.4 Å². The average molecular weight is 287 g/mol. The molecule has 1 heterocycles. The molecule has 1 unspecified atom stereocenters. The van der Waals surface area contributed by atoms with Crippen LogP contribution in [0.1, 0.15) is 22.8 Å². The van der Waals surface area contributed by atoms with E-state index in [1.165, 1.54) is 0 Å². The van der Waals surface area contributed by atoms with Crippen LogP contribution in [0.15, 0.2) is 42.5 Å². The number of hydrogen-bond acceptors (Lipinski definition) is 2. The first-order chi connectivity index (χ1) is 9.56. The van der Waals surface area contributed by atoms with Crippen molar-refractivity contribution in [2.75, 3.05) is 10.6 Å². The molecule has 3 nitrogen and oxygen atoms in total. The zero-order valence-corrected chi connectivity index (χ0v) is 11.9. The number of anilines is 2. The van der Waals surface area contributed by atoms with Gasteiger partial charge in [0.05, 0.1) is 0 Å².